The molecule has 1 atom stereocenters. The first-order chi connectivity index (χ1) is 7.99. The number of rotatable bonds is 8. The number of urea groups is 1. The monoisotopic (exact) mass is 243 g/mol. The average Bonchev–Trinajstić information content (AvgIpc) is 2.23. The van der Waals surface area contributed by atoms with Gasteiger partial charge in [-0.05, 0) is 53.2 Å². The lowest BCUT2D eigenvalue weighted by atomic mass is 10.2. The predicted octanol–water partition coefficient (Wildman–Crippen LogP) is 2.20. The molecule has 0 aromatic carbocycles. The molecule has 102 valence electrons. The Hall–Kier alpha value is -0.770. The van der Waals surface area contributed by atoms with Crippen molar-refractivity contribution in [1.29, 1.82) is 0 Å². The fourth-order valence-electron chi connectivity index (χ4n) is 1.76. The summed E-state index contributed by atoms with van der Waals surface area (Å²) in [5, 5.41) is 5.79. The van der Waals surface area contributed by atoms with Gasteiger partial charge in [-0.15, -0.1) is 0 Å². The summed E-state index contributed by atoms with van der Waals surface area (Å²) in [6, 6.07) is 0.373. The summed E-state index contributed by atoms with van der Waals surface area (Å²) < 4.78 is 0. The van der Waals surface area contributed by atoms with Crippen LogP contribution in [0.5, 0.6) is 0 Å². The van der Waals surface area contributed by atoms with Crippen molar-refractivity contribution >= 4 is 6.03 Å². The summed E-state index contributed by atoms with van der Waals surface area (Å²) >= 11 is 0. The zero-order chi connectivity index (χ0) is 13.3. The Morgan fingerprint density at radius 1 is 1.12 bits per heavy atom. The zero-order valence-corrected chi connectivity index (χ0v) is 12.0. The summed E-state index contributed by atoms with van der Waals surface area (Å²) in [7, 11) is 0. The molecule has 0 radical (unpaired) electrons. The van der Waals surface area contributed by atoms with Gasteiger partial charge in [-0.2, -0.15) is 0 Å². The first kappa shape index (κ1) is 16.2. The van der Waals surface area contributed by atoms with Crippen LogP contribution in [0.2, 0.25) is 0 Å². The molecule has 0 aliphatic heterocycles. The van der Waals surface area contributed by atoms with Crippen LogP contribution in [0.3, 0.4) is 0 Å². The normalized spacial score (nSPS) is 12.9. The van der Waals surface area contributed by atoms with E-state index in [4.69, 9.17) is 0 Å². The number of carbonyl (C=O) groups is 1. The van der Waals surface area contributed by atoms with Gasteiger partial charge in [0.15, 0.2) is 0 Å². The van der Waals surface area contributed by atoms with Crippen molar-refractivity contribution in [2.75, 3.05) is 19.6 Å². The van der Waals surface area contributed by atoms with Gasteiger partial charge < -0.3 is 15.5 Å². The van der Waals surface area contributed by atoms with Gasteiger partial charge >= 0.3 is 6.03 Å². The van der Waals surface area contributed by atoms with E-state index in [-0.39, 0.29) is 18.1 Å². The molecule has 0 bridgehead atoms. The van der Waals surface area contributed by atoms with Crippen LogP contribution in [0.4, 0.5) is 4.79 Å². The molecule has 0 heterocycles. The zero-order valence-electron chi connectivity index (χ0n) is 12.0. The van der Waals surface area contributed by atoms with Crippen LogP contribution in [0, 0.1) is 0 Å². The Balaban J connectivity index is 3.65. The highest BCUT2D eigenvalue weighted by molar-refractivity contribution is 5.74. The fourth-order valence-corrected chi connectivity index (χ4v) is 1.76. The molecule has 0 aliphatic rings. The molecular formula is C13H29N3O. The van der Waals surface area contributed by atoms with Crippen molar-refractivity contribution in [1.82, 2.24) is 15.5 Å². The maximum atomic E-state index is 11.4. The van der Waals surface area contributed by atoms with Crippen molar-refractivity contribution in [3.8, 4) is 0 Å². The van der Waals surface area contributed by atoms with E-state index in [0.717, 1.165) is 32.5 Å². The predicted molar refractivity (Wildman–Crippen MR) is 73.3 cm³/mol. The van der Waals surface area contributed by atoms with Crippen molar-refractivity contribution in [2.45, 2.75) is 59.5 Å². The Bertz CT molecular complexity index is 203. The topological polar surface area (TPSA) is 44.4 Å². The highest BCUT2D eigenvalue weighted by atomic mass is 16.2. The van der Waals surface area contributed by atoms with E-state index in [1.807, 2.05) is 13.8 Å². The Morgan fingerprint density at radius 2 is 1.71 bits per heavy atom. The molecule has 4 heteroatoms. The molecule has 4 nitrogen and oxygen atoms in total. The summed E-state index contributed by atoms with van der Waals surface area (Å²) in [6.45, 7) is 13.7. The van der Waals surface area contributed by atoms with E-state index in [1.165, 1.54) is 0 Å². The molecule has 2 N–H and O–H groups in total. The van der Waals surface area contributed by atoms with Gasteiger partial charge in [0.25, 0.3) is 0 Å². The average molecular weight is 243 g/mol. The second-order valence-corrected chi connectivity index (χ2v) is 4.84. The third kappa shape index (κ3) is 8.98. The number of hydrogen-bond donors (Lipinski definition) is 2. The summed E-state index contributed by atoms with van der Waals surface area (Å²) in [4.78, 5) is 13.8. The van der Waals surface area contributed by atoms with Gasteiger partial charge in [0.1, 0.15) is 0 Å². The van der Waals surface area contributed by atoms with Crippen LogP contribution in [0.15, 0.2) is 0 Å². The smallest absolute Gasteiger partial charge is 0.315 e. The summed E-state index contributed by atoms with van der Waals surface area (Å²) in [5.74, 6) is 0. The number of amides is 2. The minimum absolute atomic E-state index is 0.0599. The number of nitrogens with one attached hydrogen (secondary N) is 2. The van der Waals surface area contributed by atoms with Crippen molar-refractivity contribution < 1.29 is 4.79 Å². The molecule has 1 unspecified atom stereocenters. The van der Waals surface area contributed by atoms with Gasteiger partial charge in [-0.25, -0.2) is 4.79 Å². The Kier molecular flexibility index (Phi) is 8.86. The third-order valence-electron chi connectivity index (χ3n) is 2.80. The number of nitrogens with zero attached hydrogens (tertiary/aromatic N) is 1. The van der Waals surface area contributed by atoms with Crippen LogP contribution >= 0.6 is 0 Å². The highest BCUT2D eigenvalue weighted by Crippen LogP contribution is 1.99. The molecule has 0 aromatic rings. The van der Waals surface area contributed by atoms with Gasteiger partial charge in [0.2, 0.25) is 0 Å². The van der Waals surface area contributed by atoms with Crippen LogP contribution in [0.1, 0.15) is 47.5 Å². The van der Waals surface area contributed by atoms with E-state index in [2.05, 4.69) is 36.3 Å². The minimum atomic E-state index is -0.0599. The molecule has 0 saturated carbocycles. The first-order valence-corrected chi connectivity index (χ1v) is 6.78. The molecular weight excluding hydrogens is 214 g/mol. The van der Waals surface area contributed by atoms with Crippen LogP contribution < -0.4 is 10.6 Å². The van der Waals surface area contributed by atoms with Crippen molar-refractivity contribution in [2.24, 2.45) is 0 Å². The lowest BCUT2D eigenvalue weighted by Crippen LogP contribution is -2.43. The molecule has 0 spiro atoms. The number of hydrogen-bond acceptors (Lipinski definition) is 2. The molecule has 0 rings (SSSR count). The van der Waals surface area contributed by atoms with Crippen LogP contribution in [-0.4, -0.2) is 42.6 Å². The molecule has 0 aromatic heterocycles. The lowest BCUT2D eigenvalue weighted by Gasteiger charge is -2.20. The molecule has 0 saturated heterocycles. The minimum Gasteiger partial charge on any atom is -0.336 e. The van der Waals surface area contributed by atoms with Crippen LogP contribution in [-0.2, 0) is 0 Å². The van der Waals surface area contributed by atoms with Gasteiger partial charge in [-0.1, -0.05) is 13.8 Å². The van der Waals surface area contributed by atoms with E-state index in [9.17, 15) is 4.79 Å². The second kappa shape index (κ2) is 9.28. The largest absolute Gasteiger partial charge is 0.336 e. The summed E-state index contributed by atoms with van der Waals surface area (Å²) in [5.41, 5.74) is 0. The summed E-state index contributed by atoms with van der Waals surface area (Å²) in [6.07, 6.45) is 2.16. The third-order valence-corrected chi connectivity index (χ3v) is 2.80. The van der Waals surface area contributed by atoms with Crippen LogP contribution in [0.25, 0.3) is 0 Å². The van der Waals surface area contributed by atoms with E-state index in [1.54, 1.807) is 0 Å². The quantitative estimate of drug-likeness (QED) is 0.686. The maximum absolute atomic E-state index is 11.4. The highest BCUT2D eigenvalue weighted by Gasteiger charge is 2.08. The van der Waals surface area contributed by atoms with E-state index < -0.39 is 0 Å². The van der Waals surface area contributed by atoms with E-state index >= 15 is 0 Å². The van der Waals surface area contributed by atoms with Crippen molar-refractivity contribution in [3.05, 3.63) is 0 Å². The van der Waals surface area contributed by atoms with Gasteiger partial charge in [0, 0.05) is 12.1 Å². The van der Waals surface area contributed by atoms with E-state index in [0.29, 0.717) is 0 Å². The molecule has 17 heavy (non-hydrogen) atoms. The SMILES string of the molecule is CCN(CC)CCCC(C)NC(=O)NC(C)C. The lowest BCUT2D eigenvalue weighted by molar-refractivity contribution is 0.233. The Morgan fingerprint density at radius 3 is 2.18 bits per heavy atom. The first-order valence-electron chi connectivity index (χ1n) is 6.78. The maximum Gasteiger partial charge on any atom is 0.315 e. The van der Waals surface area contributed by atoms with Gasteiger partial charge in [-0.3, -0.25) is 0 Å². The van der Waals surface area contributed by atoms with Crippen molar-refractivity contribution in [3.63, 3.8) is 0 Å². The Labute approximate surface area is 106 Å². The fraction of sp³-hybridized carbons (Fsp3) is 0.923. The van der Waals surface area contributed by atoms with Gasteiger partial charge in [0.05, 0.1) is 0 Å². The standard InChI is InChI=1S/C13H29N3O/c1-6-16(7-2)10-8-9-12(5)15-13(17)14-11(3)4/h11-12H,6-10H2,1-5H3,(H2,14,15,17). The molecule has 0 aliphatic carbocycles. The second-order valence-electron chi connectivity index (χ2n) is 4.84. The number of carbonyl (C=O) groups excluding carboxylic acids is 1. The molecule has 2 amide bonds. The molecule has 0 fully saturated rings.